The van der Waals surface area contributed by atoms with Gasteiger partial charge in [-0.2, -0.15) is 5.26 Å². The Morgan fingerprint density at radius 3 is 2.50 bits per heavy atom. The maximum Gasteiger partial charge on any atom is 0.335 e. The standard InChI is InChI=1S/C17H13N3O2/c1-9-5-11(8-18)6-10(2)15(9)16-19-13-4-3-12(17(21)22)7-14(13)20-16/h3-7H,1-2H3,(H,19,20)(H,21,22). The van der Waals surface area contributed by atoms with Crippen LogP contribution in [-0.2, 0) is 0 Å². The van der Waals surface area contributed by atoms with Crippen LogP contribution in [0.4, 0.5) is 0 Å². The average Bonchev–Trinajstić information content (AvgIpc) is 2.88. The molecule has 0 spiro atoms. The number of carboxylic acid groups (broad SMARTS) is 1. The molecule has 3 aromatic rings. The lowest BCUT2D eigenvalue weighted by atomic mass is 9.99. The Hall–Kier alpha value is -3.13. The number of hydrogen-bond acceptors (Lipinski definition) is 3. The third kappa shape index (κ3) is 2.21. The first kappa shape index (κ1) is 13.8. The molecule has 0 unspecified atom stereocenters. The van der Waals surface area contributed by atoms with Gasteiger partial charge in [0.2, 0.25) is 0 Å². The van der Waals surface area contributed by atoms with E-state index in [2.05, 4.69) is 16.0 Å². The summed E-state index contributed by atoms with van der Waals surface area (Å²) in [5.41, 5.74) is 5.07. The van der Waals surface area contributed by atoms with Gasteiger partial charge in [-0.05, 0) is 55.3 Å². The van der Waals surface area contributed by atoms with Crippen molar-refractivity contribution in [2.24, 2.45) is 0 Å². The number of aromatic amines is 1. The van der Waals surface area contributed by atoms with Crippen molar-refractivity contribution < 1.29 is 9.90 Å². The summed E-state index contributed by atoms with van der Waals surface area (Å²) in [7, 11) is 0. The van der Waals surface area contributed by atoms with Crippen LogP contribution in [0.1, 0.15) is 27.0 Å². The van der Waals surface area contributed by atoms with Gasteiger partial charge in [0.25, 0.3) is 0 Å². The Morgan fingerprint density at radius 1 is 1.23 bits per heavy atom. The summed E-state index contributed by atoms with van der Waals surface area (Å²) < 4.78 is 0. The molecule has 0 aliphatic heterocycles. The molecule has 1 heterocycles. The first-order valence-corrected chi connectivity index (χ1v) is 6.74. The maximum absolute atomic E-state index is 11.0. The van der Waals surface area contributed by atoms with E-state index >= 15 is 0 Å². The van der Waals surface area contributed by atoms with E-state index in [1.807, 2.05) is 26.0 Å². The van der Waals surface area contributed by atoms with Gasteiger partial charge in [-0.1, -0.05) is 0 Å². The minimum absolute atomic E-state index is 0.218. The normalized spacial score (nSPS) is 10.6. The summed E-state index contributed by atoms with van der Waals surface area (Å²) in [5, 5.41) is 18.1. The van der Waals surface area contributed by atoms with E-state index in [9.17, 15) is 4.79 Å². The van der Waals surface area contributed by atoms with Crippen molar-refractivity contribution >= 4 is 17.0 Å². The van der Waals surface area contributed by atoms with Crippen LogP contribution < -0.4 is 0 Å². The Balaban J connectivity index is 2.19. The lowest BCUT2D eigenvalue weighted by Gasteiger charge is -2.07. The second-order valence-electron chi connectivity index (χ2n) is 5.22. The Bertz CT molecular complexity index is 925. The third-order valence-electron chi connectivity index (χ3n) is 3.63. The van der Waals surface area contributed by atoms with Gasteiger partial charge in [-0.25, -0.2) is 9.78 Å². The van der Waals surface area contributed by atoms with Crippen molar-refractivity contribution in [1.29, 1.82) is 5.26 Å². The number of aromatic nitrogens is 2. The molecule has 0 aliphatic carbocycles. The van der Waals surface area contributed by atoms with Gasteiger partial charge >= 0.3 is 5.97 Å². The van der Waals surface area contributed by atoms with Crippen LogP contribution in [0.15, 0.2) is 30.3 Å². The van der Waals surface area contributed by atoms with Crippen LogP contribution in [0.3, 0.4) is 0 Å². The Morgan fingerprint density at radius 2 is 1.91 bits per heavy atom. The van der Waals surface area contributed by atoms with Crippen molar-refractivity contribution in [3.05, 3.63) is 52.6 Å². The van der Waals surface area contributed by atoms with E-state index in [-0.39, 0.29) is 5.56 Å². The Labute approximate surface area is 126 Å². The molecule has 0 atom stereocenters. The number of rotatable bonds is 2. The van der Waals surface area contributed by atoms with E-state index in [4.69, 9.17) is 10.4 Å². The first-order chi connectivity index (χ1) is 10.5. The van der Waals surface area contributed by atoms with Gasteiger partial charge in [0.05, 0.1) is 28.2 Å². The fourth-order valence-electron chi connectivity index (χ4n) is 2.66. The zero-order valence-corrected chi connectivity index (χ0v) is 12.1. The molecule has 2 N–H and O–H groups in total. The summed E-state index contributed by atoms with van der Waals surface area (Å²) in [6.45, 7) is 3.86. The zero-order valence-electron chi connectivity index (χ0n) is 12.1. The molecule has 5 nitrogen and oxygen atoms in total. The van der Waals surface area contributed by atoms with Gasteiger partial charge in [-0.15, -0.1) is 0 Å². The molecule has 108 valence electrons. The predicted molar refractivity (Wildman–Crippen MR) is 82.7 cm³/mol. The third-order valence-corrected chi connectivity index (χ3v) is 3.63. The van der Waals surface area contributed by atoms with Crippen molar-refractivity contribution in [2.75, 3.05) is 0 Å². The number of carbonyl (C=O) groups is 1. The maximum atomic E-state index is 11.0. The highest BCUT2D eigenvalue weighted by Gasteiger charge is 2.13. The molecule has 2 aromatic carbocycles. The van der Waals surface area contributed by atoms with E-state index < -0.39 is 5.97 Å². The highest BCUT2D eigenvalue weighted by Crippen LogP contribution is 2.28. The van der Waals surface area contributed by atoms with Crippen molar-refractivity contribution in [3.8, 4) is 17.5 Å². The van der Waals surface area contributed by atoms with E-state index in [1.54, 1.807) is 12.1 Å². The molecule has 0 saturated carbocycles. The van der Waals surface area contributed by atoms with Crippen LogP contribution >= 0.6 is 0 Å². The van der Waals surface area contributed by atoms with E-state index in [0.717, 1.165) is 16.7 Å². The number of carboxylic acids is 1. The van der Waals surface area contributed by atoms with Gasteiger partial charge in [0.1, 0.15) is 5.82 Å². The minimum Gasteiger partial charge on any atom is -0.478 e. The summed E-state index contributed by atoms with van der Waals surface area (Å²) >= 11 is 0. The van der Waals surface area contributed by atoms with Gasteiger partial charge in [0, 0.05) is 5.56 Å². The molecule has 5 heteroatoms. The number of nitrogens with one attached hydrogen (secondary N) is 1. The molecule has 0 saturated heterocycles. The smallest absolute Gasteiger partial charge is 0.335 e. The molecule has 0 radical (unpaired) electrons. The lowest BCUT2D eigenvalue weighted by molar-refractivity contribution is 0.0697. The average molecular weight is 291 g/mol. The van der Waals surface area contributed by atoms with E-state index in [1.165, 1.54) is 6.07 Å². The number of fused-ring (bicyclic) bond motifs is 1. The van der Waals surface area contributed by atoms with Crippen molar-refractivity contribution in [2.45, 2.75) is 13.8 Å². The topological polar surface area (TPSA) is 89.8 Å². The van der Waals surface area contributed by atoms with Gasteiger partial charge < -0.3 is 10.1 Å². The molecule has 0 amide bonds. The van der Waals surface area contributed by atoms with Crippen LogP contribution in [0.2, 0.25) is 0 Å². The summed E-state index contributed by atoms with van der Waals surface area (Å²) in [6, 6.07) is 10.6. The number of aryl methyl sites for hydroxylation is 2. The number of nitriles is 1. The number of hydrogen-bond donors (Lipinski definition) is 2. The van der Waals surface area contributed by atoms with Gasteiger partial charge in [-0.3, -0.25) is 0 Å². The fraction of sp³-hybridized carbons (Fsp3) is 0.118. The van der Waals surface area contributed by atoms with Gasteiger partial charge in [0.15, 0.2) is 0 Å². The molecule has 0 bridgehead atoms. The summed E-state index contributed by atoms with van der Waals surface area (Å²) in [4.78, 5) is 18.7. The predicted octanol–water partition coefficient (Wildman–Crippen LogP) is 3.42. The van der Waals surface area contributed by atoms with Crippen molar-refractivity contribution in [3.63, 3.8) is 0 Å². The molecule has 0 fully saturated rings. The van der Waals surface area contributed by atoms with E-state index in [0.29, 0.717) is 22.4 Å². The van der Waals surface area contributed by atoms with Crippen LogP contribution in [-0.4, -0.2) is 21.0 Å². The Kier molecular flexibility index (Phi) is 3.15. The molecule has 22 heavy (non-hydrogen) atoms. The number of nitrogens with zero attached hydrogens (tertiary/aromatic N) is 2. The number of H-pyrrole nitrogens is 1. The highest BCUT2D eigenvalue weighted by atomic mass is 16.4. The van der Waals surface area contributed by atoms with Crippen LogP contribution in [0.5, 0.6) is 0 Å². The fourth-order valence-corrected chi connectivity index (χ4v) is 2.66. The van der Waals surface area contributed by atoms with Crippen LogP contribution in [0.25, 0.3) is 22.4 Å². The highest BCUT2D eigenvalue weighted by molar-refractivity contribution is 5.93. The molecule has 0 aliphatic rings. The van der Waals surface area contributed by atoms with Crippen LogP contribution in [0, 0.1) is 25.2 Å². The molecular weight excluding hydrogens is 278 g/mol. The lowest BCUT2D eigenvalue weighted by Crippen LogP contribution is -1.94. The molecule has 3 rings (SSSR count). The number of benzene rings is 2. The number of imidazole rings is 1. The summed E-state index contributed by atoms with van der Waals surface area (Å²) in [5.74, 6) is -0.291. The summed E-state index contributed by atoms with van der Waals surface area (Å²) in [6.07, 6.45) is 0. The molecule has 1 aromatic heterocycles. The largest absolute Gasteiger partial charge is 0.478 e. The monoisotopic (exact) mass is 291 g/mol. The number of aromatic carboxylic acids is 1. The molecular formula is C17H13N3O2. The second-order valence-corrected chi connectivity index (χ2v) is 5.22. The minimum atomic E-state index is -0.969. The van der Waals surface area contributed by atoms with Crippen molar-refractivity contribution in [1.82, 2.24) is 9.97 Å². The first-order valence-electron chi connectivity index (χ1n) is 6.74. The zero-order chi connectivity index (χ0) is 15.9. The quantitative estimate of drug-likeness (QED) is 0.757. The SMILES string of the molecule is Cc1cc(C#N)cc(C)c1-c1nc2ccc(C(=O)O)cc2[nH]1. The second kappa shape index (κ2) is 5.01.